The van der Waals surface area contributed by atoms with E-state index in [4.69, 9.17) is 14.2 Å². The number of hydrogen-bond acceptors (Lipinski definition) is 4. The average Bonchev–Trinajstić information content (AvgIpc) is 2.40. The van der Waals surface area contributed by atoms with E-state index in [9.17, 15) is 4.79 Å². The van der Waals surface area contributed by atoms with Crippen LogP contribution < -0.4 is 0 Å². The van der Waals surface area contributed by atoms with Crippen molar-refractivity contribution >= 4 is 21.7 Å². The number of carbonyl (C=O) groups excluding carboxylic acids is 1. The molecule has 3 aliphatic heterocycles. The zero-order chi connectivity index (χ0) is 13.5. The molecule has 0 saturated carbocycles. The summed E-state index contributed by atoms with van der Waals surface area (Å²) >= 11 is 3.39. The molecule has 0 aromatic heterocycles. The zero-order valence-electron chi connectivity index (χ0n) is 10.6. The molecule has 0 unspecified atom stereocenters. The number of Topliss-reactive ketones (excluding diaryl/α,β-unsaturated/α-hetero) is 1. The fourth-order valence-electron chi connectivity index (χ4n) is 2.24. The monoisotopic (exact) mass is 326 g/mol. The molecule has 4 rings (SSSR count). The summed E-state index contributed by atoms with van der Waals surface area (Å²) in [7, 11) is 0. The number of ketones is 1. The molecule has 0 N–H and O–H groups in total. The second-order valence-electron chi connectivity index (χ2n) is 5.46. The molecular weight excluding hydrogens is 312 g/mol. The van der Waals surface area contributed by atoms with Gasteiger partial charge in [-0.1, -0.05) is 35.0 Å². The summed E-state index contributed by atoms with van der Waals surface area (Å²) in [5.41, 5.74) is 0.779. The van der Waals surface area contributed by atoms with E-state index in [1.54, 1.807) is 0 Å². The number of carbonyl (C=O) groups is 1. The highest BCUT2D eigenvalue weighted by Crippen LogP contribution is 2.38. The second-order valence-corrected chi connectivity index (χ2v) is 6.38. The summed E-state index contributed by atoms with van der Waals surface area (Å²) < 4.78 is 17.5. The molecule has 19 heavy (non-hydrogen) atoms. The number of rotatable bonds is 3. The lowest BCUT2D eigenvalue weighted by Gasteiger charge is -2.49. The molecule has 3 fully saturated rings. The van der Waals surface area contributed by atoms with Gasteiger partial charge in [0.1, 0.15) is 0 Å². The van der Waals surface area contributed by atoms with Gasteiger partial charge < -0.3 is 14.2 Å². The Kier molecular flexibility index (Phi) is 3.25. The van der Waals surface area contributed by atoms with Gasteiger partial charge in [0.05, 0.1) is 19.8 Å². The van der Waals surface area contributed by atoms with Crippen LogP contribution in [0.15, 0.2) is 28.7 Å². The van der Waals surface area contributed by atoms with E-state index in [1.165, 1.54) is 0 Å². The SMILES string of the molecule is CC12COC(C(=O)Cc3cccc(Br)c3)(OC1)OC2. The summed E-state index contributed by atoms with van der Waals surface area (Å²) in [6.07, 6.45) is 0.232. The maximum absolute atomic E-state index is 12.4. The molecule has 0 amide bonds. The van der Waals surface area contributed by atoms with Crippen molar-refractivity contribution in [3.05, 3.63) is 34.3 Å². The number of benzene rings is 1. The third-order valence-electron chi connectivity index (χ3n) is 3.43. The fraction of sp³-hybridized carbons (Fsp3) is 0.500. The Labute approximate surface area is 120 Å². The predicted octanol–water partition coefficient (Wildman–Crippen LogP) is 2.30. The summed E-state index contributed by atoms with van der Waals surface area (Å²) in [5.74, 6) is -1.67. The van der Waals surface area contributed by atoms with Gasteiger partial charge in [0.15, 0.2) is 0 Å². The quantitative estimate of drug-likeness (QED) is 0.855. The van der Waals surface area contributed by atoms with Crippen molar-refractivity contribution in [3.8, 4) is 0 Å². The molecule has 0 spiro atoms. The van der Waals surface area contributed by atoms with Crippen molar-refractivity contribution < 1.29 is 19.0 Å². The molecule has 102 valence electrons. The maximum atomic E-state index is 12.4. The molecule has 3 saturated heterocycles. The second kappa shape index (κ2) is 4.66. The summed E-state index contributed by atoms with van der Waals surface area (Å²) in [5, 5.41) is 0. The molecule has 1 aromatic rings. The van der Waals surface area contributed by atoms with E-state index in [1.807, 2.05) is 31.2 Å². The van der Waals surface area contributed by atoms with Crippen molar-refractivity contribution in [2.45, 2.75) is 19.3 Å². The van der Waals surface area contributed by atoms with Crippen LogP contribution in [0.3, 0.4) is 0 Å². The van der Waals surface area contributed by atoms with Gasteiger partial charge in [-0.25, -0.2) is 0 Å². The lowest BCUT2D eigenvalue weighted by atomic mass is 9.91. The first-order valence-electron chi connectivity index (χ1n) is 6.21. The fourth-order valence-corrected chi connectivity index (χ4v) is 2.69. The number of fused-ring (bicyclic) bond motifs is 3. The van der Waals surface area contributed by atoms with Crippen molar-refractivity contribution in [2.24, 2.45) is 5.41 Å². The van der Waals surface area contributed by atoms with Gasteiger partial charge in [-0.3, -0.25) is 4.79 Å². The van der Waals surface area contributed by atoms with Crippen LogP contribution >= 0.6 is 15.9 Å². The molecule has 5 heteroatoms. The maximum Gasteiger partial charge on any atom is 0.347 e. The molecule has 0 atom stereocenters. The highest BCUT2D eigenvalue weighted by atomic mass is 79.9. The van der Waals surface area contributed by atoms with Crippen LogP contribution in [0.4, 0.5) is 0 Å². The van der Waals surface area contributed by atoms with Crippen molar-refractivity contribution in [1.82, 2.24) is 0 Å². The van der Waals surface area contributed by atoms with Crippen LogP contribution in [0.25, 0.3) is 0 Å². The molecular formula is C14H15BrO4. The number of hydrogen-bond donors (Lipinski definition) is 0. The number of halogens is 1. The van der Waals surface area contributed by atoms with Gasteiger partial charge in [-0.05, 0) is 17.7 Å². The van der Waals surface area contributed by atoms with Crippen LogP contribution in [0.1, 0.15) is 12.5 Å². The normalized spacial score (nSPS) is 33.4. The minimum atomic E-state index is -1.49. The van der Waals surface area contributed by atoms with Crippen molar-refractivity contribution in [1.29, 1.82) is 0 Å². The third-order valence-corrected chi connectivity index (χ3v) is 3.92. The molecule has 2 bridgehead atoms. The lowest BCUT2D eigenvalue weighted by Crippen LogP contribution is -2.62. The van der Waals surface area contributed by atoms with Gasteiger partial charge in [0, 0.05) is 16.3 Å². The van der Waals surface area contributed by atoms with Gasteiger partial charge in [0.2, 0.25) is 5.78 Å². The lowest BCUT2D eigenvalue weighted by molar-refractivity contribution is -0.439. The smallest absolute Gasteiger partial charge is 0.320 e. The molecule has 3 aliphatic rings. The van der Waals surface area contributed by atoms with E-state index >= 15 is 0 Å². The van der Waals surface area contributed by atoms with Gasteiger partial charge >= 0.3 is 5.97 Å². The molecule has 1 aromatic carbocycles. The van der Waals surface area contributed by atoms with Crippen LogP contribution in [0, 0.1) is 5.41 Å². The Morgan fingerprint density at radius 2 is 1.89 bits per heavy atom. The highest BCUT2D eigenvalue weighted by molar-refractivity contribution is 9.10. The summed E-state index contributed by atoms with van der Waals surface area (Å²) in [6, 6.07) is 7.62. The van der Waals surface area contributed by atoms with Crippen LogP contribution in [0.2, 0.25) is 0 Å². The predicted molar refractivity (Wildman–Crippen MR) is 71.5 cm³/mol. The largest absolute Gasteiger partial charge is 0.347 e. The average molecular weight is 327 g/mol. The van der Waals surface area contributed by atoms with Crippen LogP contribution in [-0.2, 0) is 25.4 Å². The van der Waals surface area contributed by atoms with E-state index in [0.717, 1.165) is 10.0 Å². The first kappa shape index (κ1) is 13.2. The molecule has 0 radical (unpaired) electrons. The topological polar surface area (TPSA) is 44.8 Å². The van der Waals surface area contributed by atoms with Gasteiger partial charge in [-0.2, -0.15) is 0 Å². The van der Waals surface area contributed by atoms with Crippen LogP contribution in [0.5, 0.6) is 0 Å². The van der Waals surface area contributed by atoms with Gasteiger partial charge in [0.25, 0.3) is 0 Å². The van der Waals surface area contributed by atoms with E-state index in [-0.39, 0.29) is 17.6 Å². The van der Waals surface area contributed by atoms with E-state index < -0.39 is 5.97 Å². The van der Waals surface area contributed by atoms with E-state index in [0.29, 0.717) is 19.8 Å². The van der Waals surface area contributed by atoms with Gasteiger partial charge in [-0.15, -0.1) is 0 Å². The Bertz CT molecular complexity index is 489. The highest BCUT2D eigenvalue weighted by Gasteiger charge is 2.54. The Morgan fingerprint density at radius 1 is 1.26 bits per heavy atom. The minimum absolute atomic E-state index is 0.127. The first-order valence-corrected chi connectivity index (χ1v) is 7.00. The Hall–Kier alpha value is -0.750. The third kappa shape index (κ3) is 2.48. The Balaban J connectivity index is 1.74. The molecule has 3 heterocycles. The standard InChI is InChI=1S/C14H15BrO4/c1-13-7-17-14(18-8-13,19-9-13)12(16)6-10-3-2-4-11(15)5-10/h2-5H,6-9H2,1H3. The van der Waals surface area contributed by atoms with Crippen molar-refractivity contribution in [3.63, 3.8) is 0 Å². The number of ether oxygens (including phenoxy) is 3. The summed E-state index contributed by atoms with van der Waals surface area (Å²) in [4.78, 5) is 12.4. The minimum Gasteiger partial charge on any atom is -0.320 e. The first-order chi connectivity index (χ1) is 9.01. The Morgan fingerprint density at radius 3 is 2.47 bits per heavy atom. The molecule has 4 nitrogen and oxygen atoms in total. The molecule has 0 aliphatic carbocycles. The van der Waals surface area contributed by atoms with Crippen LogP contribution in [-0.4, -0.2) is 31.6 Å². The summed E-state index contributed by atoms with van der Waals surface area (Å²) in [6.45, 7) is 3.51. The van der Waals surface area contributed by atoms with E-state index in [2.05, 4.69) is 15.9 Å². The van der Waals surface area contributed by atoms with Crippen molar-refractivity contribution in [2.75, 3.05) is 19.8 Å². The zero-order valence-corrected chi connectivity index (χ0v) is 12.2.